The lowest BCUT2D eigenvalue weighted by atomic mass is 9.99. The second-order valence-corrected chi connectivity index (χ2v) is 5.44. The molecule has 1 atom stereocenters. The van der Waals surface area contributed by atoms with Crippen LogP contribution in [-0.4, -0.2) is 55.6 Å². The molecule has 2 fully saturated rings. The molecule has 0 aromatic carbocycles. The van der Waals surface area contributed by atoms with E-state index < -0.39 is 17.5 Å². The third-order valence-electron chi connectivity index (χ3n) is 3.59. The molecule has 0 spiro atoms. The van der Waals surface area contributed by atoms with E-state index in [1.807, 2.05) is 0 Å². The molecule has 2 aliphatic rings. The highest BCUT2D eigenvalue weighted by Gasteiger charge is 2.43. The maximum Gasteiger partial charge on any atom is 0.332 e. The Bertz CT molecular complexity index is 351. The molecule has 1 heterocycles. The predicted molar refractivity (Wildman–Crippen MR) is 70.5 cm³/mol. The molecule has 3 N–H and O–H groups in total. The lowest BCUT2D eigenvalue weighted by Crippen LogP contribution is -2.57. The van der Waals surface area contributed by atoms with Gasteiger partial charge in [-0.05, 0) is 25.2 Å². The average Bonchev–Trinajstić information content (AvgIpc) is 3.11. The monoisotopic (exact) mass is 286 g/mol. The third kappa shape index (κ3) is 4.35. The number of hydrogen-bond donors (Lipinski definition) is 3. The molecule has 1 aliphatic carbocycles. The zero-order valence-corrected chi connectivity index (χ0v) is 11.5. The Morgan fingerprint density at radius 1 is 1.40 bits per heavy atom. The van der Waals surface area contributed by atoms with Gasteiger partial charge in [-0.15, -0.1) is 0 Å². The Balaban J connectivity index is 1.57. The van der Waals surface area contributed by atoms with E-state index >= 15 is 0 Å². The summed E-state index contributed by atoms with van der Waals surface area (Å²) in [7, 11) is 0. The van der Waals surface area contributed by atoms with Crippen LogP contribution in [-0.2, 0) is 14.3 Å². The van der Waals surface area contributed by atoms with Crippen molar-refractivity contribution in [3.63, 3.8) is 0 Å². The summed E-state index contributed by atoms with van der Waals surface area (Å²) in [6.45, 7) is 2.25. The van der Waals surface area contributed by atoms with Crippen LogP contribution in [0.25, 0.3) is 0 Å². The summed E-state index contributed by atoms with van der Waals surface area (Å²) in [5.74, 6) is -0.318. The Labute approximate surface area is 118 Å². The molecular formula is C13H22N2O5. The standard InChI is InChI=1S/C13H22N2O5/c16-11(17)13(4-7-20-9-13)15-12(18)14-5-1-6-19-8-10-2-3-10/h10H,1-9H2,(H,16,17)(H2,14,15,18). The van der Waals surface area contributed by atoms with Gasteiger partial charge in [0.25, 0.3) is 0 Å². The van der Waals surface area contributed by atoms with Gasteiger partial charge in [-0.2, -0.15) is 0 Å². The lowest BCUT2D eigenvalue weighted by Gasteiger charge is -2.23. The highest BCUT2D eigenvalue weighted by Crippen LogP contribution is 2.28. The van der Waals surface area contributed by atoms with Gasteiger partial charge in [0.1, 0.15) is 0 Å². The number of ether oxygens (including phenoxy) is 2. The highest BCUT2D eigenvalue weighted by atomic mass is 16.5. The number of hydrogen-bond acceptors (Lipinski definition) is 4. The van der Waals surface area contributed by atoms with Gasteiger partial charge in [-0.25, -0.2) is 9.59 Å². The van der Waals surface area contributed by atoms with Crippen LogP contribution in [0.1, 0.15) is 25.7 Å². The largest absolute Gasteiger partial charge is 0.479 e. The van der Waals surface area contributed by atoms with E-state index in [0.29, 0.717) is 26.2 Å². The van der Waals surface area contributed by atoms with Gasteiger partial charge in [-0.1, -0.05) is 0 Å². The van der Waals surface area contributed by atoms with Crippen LogP contribution in [0.3, 0.4) is 0 Å². The first-order valence-electron chi connectivity index (χ1n) is 7.07. The predicted octanol–water partition coefficient (Wildman–Crippen LogP) is 0.346. The van der Waals surface area contributed by atoms with Crippen LogP contribution in [0.2, 0.25) is 0 Å². The number of aliphatic carboxylic acids is 1. The molecule has 2 rings (SSSR count). The first-order valence-corrected chi connectivity index (χ1v) is 7.07. The van der Waals surface area contributed by atoms with E-state index in [-0.39, 0.29) is 6.61 Å². The lowest BCUT2D eigenvalue weighted by molar-refractivity contribution is -0.144. The summed E-state index contributed by atoms with van der Waals surface area (Å²) < 4.78 is 10.5. The summed E-state index contributed by atoms with van der Waals surface area (Å²) in [4.78, 5) is 22.9. The molecule has 0 aromatic heterocycles. The maximum absolute atomic E-state index is 11.7. The van der Waals surface area contributed by atoms with E-state index in [9.17, 15) is 9.59 Å². The van der Waals surface area contributed by atoms with Crippen molar-refractivity contribution in [2.24, 2.45) is 5.92 Å². The van der Waals surface area contributed by atoms with Crippen molar-refractivity contribution in [1.29, 1.82) is 0 Å². The Hall–Kier alpha value is -1.34. The molecule has 0 radical (unpaired) electrons. The van der Waals surface area contributed by atoms with Crippen molar-refractivity contribution in [2.75, 3.05) is 33.0 Å². The summed E-state index contributed by atoms with van der Waals surface area (Å²) in [6.07, 6.45) is 3.54. The maximum atomic E-state index is 11.7. The first-order chi connectivity index (χ1) is 9.62. The minimum absolute atomic E-state index is 0.0141. The van der Waals surface area contributed by atoms with E-state index in [2.05, 4.69) is 10.6 Å². The molecule has 1 saturated heterocycles. The van der Waals surface area contributed by atoms with Crippen molar-refractivity contribution < 1.29 is 24.2 Å². The molecule has 2 amide bonds. The fourth-order valence-electron chi connectivity index (χ4n) is 2.06. The van der Waals surface area contributed by atoms with Gasteiger partial charge >= 0.3 is 12.0 Å². The number of carboxylic acids is 1. The fourth-order valence-corrected chi connectivity index (χ4v) is 2.06. The summed E-state index contributed by atoms with van der Waals surface area (Å²) in [5, 5.41) is 14.3. The van der Waals surface area contributed by atoms with Crippen molar-refractivity contribution in [2.45, 2.75) is 31.2 Å². The van der Waals surface area contributed by atoms with Crippen LogP contribution >= 0.6 is 0 Å². The zero-order valence-electron chi connectivity index (χ0n) is 11.5. The number of carbonyl (C=O) groups excluding carboxylic acids is 1. The highest BCUT2D eigenvalue weighted by molar-refractivity contribution is 5.86. The SMILES string of the molecule is O=C(NCCCOCC1CC1)NC1(C(=O)O)CCOC1. The van der Waals surface area contributed by atoms with E-state index in [4.69, 9.17) is 14.6 Å². The van der Waals surface area contributed by atoms with Crippen molar-refractivity contribution in [3.05, 3.63) is 0 Å². The Kier molecular flexibility index (Phi) is 5.19. The molecule has 1 saturated carbocycles. The van der Waals surface area contributed by atoms with Crippen LogP contribution < -0.4 is 10.6 Å². The Morgan fingerprint density at radius 2 is 2.20 bits per heavy atom. The molecule has 114 valence electrons. The fraction of sp³-hybridized carbons (Fsp3) is 0.846. The average molecular weight is 286 g/mol. The number of rotatable bonds is 8. The minimum atomic E-state index is -1.29. The van der Waals surface area contributed by atoms with Crippen molar-refractivity contribution >= 4 is 12.0 Å². The topological polar surface area (TPSA) is 96.9 Å². The quantitative estimate of drug-likeness (QED) is 0.559. The molecule has 7 nitrogen and oxygen atoms in total. The molecule has 0 bridgehead atoms. The molecule has 1 aliphatic heterocycles. The molecule has 20 heavy (non-hydrogen) atoms. The summed E-state index contributed by atoms with van der Waals surface area (Å²) in [5.41, 5.74) is -1.29. The number of amides is 2. The third-order valence-corrected chi connectivity index (χ3v) is 3.59. The minimum Gasteiger partial charge on any atom is -0.479 e. The van der Waals surface area contributed by atoms with Gasteiger partial charge in [0.05, 0.1) is 6.61 Å². The normalized spacial score (nSPS) is 25.4. The number of carboxylic acid groups (broad SMARTS) is 1. The summed E-state index contributed by atoms with van der Waals surface area (Å²) in [6, 6.07) is -0.472. The smallest absolute Gasteiger partial charge is 0.332 e. The van der Waals surface area contributed by atoms with Crippen LogP contribution in [0.4, 0.5) is 4.79 Å². The van der Waals surface area contributed by atoms with Crippen LogP contribution in [0.5, 0.6) is 0 Å². The van der Waals surface area contributed by atoms with Gasteiger partial charge in [0, 0.05) is 32.8 Å². The van der Waals surface area contributed by atoms with E-state index in [1.54, 1.807) is 0 Å². The van der Waals surface area contributed by atoms with Crippen LogP contribution in [0, 0.1) is 5.92 Å². The van der Waals surface area contributed by atoms with E-state index in [1.165, 1.54) is 12.8 Å². The second-order valence-electron chi connectivity index (χ2n) is 5.44. The van der Waals surface area contributed by atoms with Crippen molar-refractivity contribution in [1.82, 2.24) is 10.6 Å². The number of carbonyl (C=O) groups is 2. The molecular weight excluding hydrogens is 264 g/mol. The molecule has 1 unspecified atom stereocenters. The molecule has 7 heteroatoms. The van der Waals surface area contributed by atoms with Gasteiger partial charge in [-0.3, -0.25) is 0 Å². The number of urea groups is 1. The molecule has 0 aromatic rings. The summed E-state index contributed by atoms with van der Waals surface area (Å²) >= 11 is 0. The number of nitrogens with one attached hydrogen (secondary N) is 2. The second kappa shape index (κ2) is 6.90. The van der Waals surface area contributed by atoms with Crippen LogP contribution in [0.15, 0.2) is 0 Å². The Morgan fingerprint density at radius 3 is 2.80 bits per heavy atom. The van der Waals surface area contributed by atoms with Crippen molar-refractivity contribution in [3.8, 4) is 0 Å². The van der Waals surface area contributed by atoms with Gasteiger partial charge in [0.2, 0.25) is 0 Å². The van der Waals surface area contributed by atoms with E-state index in [0.717, 1.165) is 18.9 Å². The van der Waals surface area contributed by atoms with Gasteiger partial charge < -0.3 is 25.2 Å². The first kappa shape index (κ1) is 15.1. The zero-order chi connectivity index (χ0) is 14.4. The van der Waals surface area contributed by atoms with Gasteiger partial charge in [0.15, 0.2) is 5.54 Å².